The van der Waals surface area contributed by atoms with Gasteiger partial charge < -0.3 is 9.64 Å². The molecule has 0 radical (unpaired) electrons. The fourth-order valence-electron chi connectivity index (χ4n) is 3.14. The molecule has 1 saturated heterocycles. The van der Waals surface area contributed by atoms with Crippen LogP contribution in [-0.4, -0.2) is 71.8 Å². The number of carbonyl (C=O) groups is 1. The number of amides is 1. The van der Waals surface area contributed by atoms with Gasteiger partial charge in [0.15, 0.2) is 0 Å². The predicted octanol–water partition coefficient (Wildman–Crippen LogP) is 0.815. The Labute approximate surface area is 182 Å². The van der Waals surface area contributed by atoms with Crippen molar-refractivity contribution in [1.82, 2.24) is 13.9 Å². The molecule has 1 fully saturated rings. The van der Waals surface area contributed by atoms with Crippen LogP contribution in [0.5, 0.6) is 5.75 Å². The Bertz CT molecular complexity index is 1120. The van der Waals surface area contributed by atoms with Crippen LogP contribution >= 0.6 is 0 Å². The Hall–Kier alpha value is -2.47. The molecule has 0 saturated carbocycles. The number of hydrogen-bond acceptors (Lipinski definition) is 6. The van der Waals surface area contributed by atoms with E-state index in [2.05, 4.69) is 4.72 Å². The van der Waals surface area contributed by atoms with Gasteiger partial charge in [0, 0.05) is 26.2 Å². The summed E-state index contributed by atoms with van der Waals surface area (Å²) in [5.41, 5.74) is 0.928. The van der Waals surface area contributed by atoms with Gasteiger partial charge in [0.2, 0.25) is 26.0 Å². The van der Waals surface area contributed by atoms with E-state index in [9.17, 15) is 21.6 Å². The number of aryl methyl sites for hydroxylation is 1. The molecule has 9 nitrogen and oxygen atoms in total. The second-order valence-corrected chi connectivity index (χ2v) is 10.8. The van der Waals surface area contributed by atoms with Crippen LogP contribution in [0.15, 0.2) is 58.3 Å². The first-order valence-electron chi connectivity index (χ1n) is 9.62. The van der Waals surface area contributed by atoms with Crippen molar-refractivity contribution in [2.75, 3.05) is 39.8 Å². The van der Waals surface area contributed by atoms with Crippen molar-refractivity contribution in [3.05, 3.63) is 54.1 Å². The van der Waals surface area contributed by atoms with Gasteiger partial charge in [-0.15, -0.1) is 0 Å². The van der Waals surface area contributed by atoms with Gasteiger partial charge in [-0.3, -0.25) is 4.79 Å². The summed E-state index contributed by atoms with van der Waals surface area (Å²) in [7, 11) is -5.98. The van der Waals surface area contributed by atoms with Crippen LogP contribution in [0.3, 0.4) is 0 Å². The van der Waals surface area contributed by atoms with Crippen LogP contribution in [0.25, 0.3) is 0 Å². The number of nitrogens with one attached hydrogen (secondary N) is 1. The van der Waals surface area contributed by atoms with Crippen molar-refractivity contribution >= 4 is 26.0 Å². The van der Waals surface area contributed by atoms with E-state index in [-0.39, 0.29) is 42.5 Å². The summed E-state index contributed by atoms with van der Waals surface area (Å²) in [4.78, 5) is 14.1. The molecule has 0 atom stereocenters. The average Bonchev–Trinajstić information content (AvgIpc) is 2.78. The average molecular weight is 468 g/mol. The van der Waals surface area contributed by atoms with Crippen LogP contribution in [-0.2, 0) is 24.8 Å². The molecule has 0 aliphatic carbocycles. The molecule has 168 valence electrons. The summed E-state index contributed by atoms with van der Waals surface area (Å²) in [5.74, 6) is 0.152. The number of sulfonamides is 2. The van der Waals surface area contributed by atoms with Gasteiger partial charge in [-0.25, -0.2) is 21.6 Å². The molecule has 1 amide bonds. The summed E-state index contributed by atoms with van der Waals surface area (Å²) in [6.45, 7) is 2.08. The zero-order chi connectivity index (χ0) is 22.6. The molecule has 2 aromatic rings. The Morgan fingerprint density at radius 3 is 2.00 bits per heavy atom. The Morgan fingerprint density at radius 1 is 0.903 bits per heavy atom. The molecule has 1 aliphatic heterocycles. The first-order valence-corrected chi connectivity index (χ1v) is 12.5. The molecule has 1 heterocycles. The SMILES string of the molecule is COc1ccc(S(=O)(=O)N2CCN(C(=O)CNS(=O)(=O)c3ccc(C)cc3)CC2)cc1. The Morgan fingerprint density at radius 2 is 1.45 bits per heavy atom. The molecular formula is C20H25N3O6S2. The predicted molar refractivity (Wildman–Crippen MR) is 115 cm³/mol. The van der Waals surface area contributed by atoms with Gasteiger partial charge in [0.25, 0.3) is 0 Å². The molecular weight excluding hydrogens is 442 g/mol. The fraction of sp³-hybridized carbons (Fsp3) is 0.350. The highest BCUT2D eigenvalue weighted by molar-refractivity contribution is 7.89. The van der Waals surface area contributed by atoms with E-state index in [0.29, 0.717) is 5.75 Å². The maximum absolute atomic E-state index is 12.8. The highest BCUT2D eigenvalue weighted by atomic mass is 32.2. The van der Waals surface area contributed by atoms with Crippen molar-refractivity contribution < 1.29 is 26.4 Å². The van der Waals surface area contributed by atoms with E-state index in [4.69, 9.17) is 4.74 Å². The minimum Gasteiger partial charge on any atom is -0.497 e. The van der Waals surface area contributed by atoms with Gasteiger partial charge in [0.05, 0.1) is 23.4 Å². The second-order valence-electron chi connectivity index (χ2n) is 7.10. The zero-order valence-electron chi connectivity index (χ0n) is 17.3. The van der Waals surface area contributed by atoms with E-state index in [1.165, 1.54) is 40.6 Å². The van der Waals surface area contributed by atoms with E-state index in [0.717, 1.165) is 5.56 Å². The number of ether oxygens (including phenoxy) is 1. The number of piperazine rings is 1. The summed E-state index contributed by atoms with van der Waals surface area (Å²) < 4.78 is 58.9. The summed E-state index contributed by atoms with van der Waals surface area (Å²) >= 11 is 0. The number of hydrogen-bond donors (Lipinski definition) is 1. The summed E-state index contributed by atoms with van der Waals surface area (Å²) in [6, 6.07) is 12.4. The molecule has 31 heavy (non-hydrogen) atoms. The number of methoxy groups -OCH3 is 1. The maximum Gasteiger partial charge on any atom is 0.243 e. The lowest BCUT2D eigenvalue weighted by Crippen LogP contribution is -2.52. The molecule has 3 rings (SSSR count). The van der Waals surface area contributed by atoms with Crippen LogP contribution in [0.4, 0.5) is 0 Å². The number of nitrogens with zero attached hydrogens (tertiary/aromatic N) is 2. The van der Waals surface area contributed by atoms with E-state index in [1.807, 2.05) is 6.92 Å². The third-order valence-corrected chi connectivity index (χ3v) is 8.36. The van der Waals surface area contributed by atoms with Gasteiger partial charge >= 0.3 is 0 Å². The van der Waals surface area contributed by atoms with Crippen molar-refractivity contribution in [1.29, 1.82) is 0 Å². The van der Waals surface area contributed by atoms with Crippen molar-refractivity contribution in [2.24, 2.45) is 0 Å². The molecule has 11 heteroatoms. The summed E-state index contributed by atoms with van der Waals surface area (Å²) in [6.07, 6.45) is 0. The Balaban J connectivity index is 1.56. The monoisotopic (exact) mass is 467 g/mol. The lowest BCUT2D eigenvalue weighted by Gasteiger charge is -2.34. The minimum absolute atomic E-state index is 0.0845. The quantitative estimate of drug-likeness (QED) is 0.645. The number of benzene rings is 2. The van der Waals surface area contributed by atoms with Gasteiger partial charge in [-0.1, -0.05) is 17.7 Å². The molecule has 2 aromatic carbocycles. The first-order chi connectivity index (χ1) is 14.6. The van der Waals surface area contributed by atoms with Gasteiger partial charge in [-0.2, -0.15) is 4.31 Å². The lowest BCUT2D eigenvalue weighted by atomic mass is 10.2. The van der Waals surface area contributed by atoms with Crippen molar-refractivity contribution in [2.45, 2.75) is 16.7 Å². The largest absolute Gasteiger partial charge is 0.497 e. The van der Waals surface area contributed by atoms with Crippen LogP contribution < -0.4 is 9.46 Å². The van der Waals surface area contributed by atoms with E-state index >= 15 is 0 Å². The summed E-state index contributed by atoms with van der Waals surface area (Å²) in [5, 5.41) is 0. The topological polar surface area (TPSA) is 113 Å². The molecule has 0 unspecified atom stereocenters. The van der Waals surface area contributed by atoms with E-state index in [1.54, 1.807) is 24.3 Å². The van der Waals surface area contributed by atoms with Crippen LogP contribution in [0.1, 0.15) is 5.56 Å². The highest BCUT2D eigenvalue weighted by Crippen LogP contribution is 2.20. The first kappa shape index (κ1) is 23.2. The van der Waals surface area contributed by atoms with Gasteiger partial charge in [0.1, 0.15) is 5.75 Å². The standard InChI is InChI=1S/C20H25N3O6S2/c1-16-3-7-18(8-4-16)30(25,26)21-15-20(24)22-11-13-23(14-12-22)31(27,28)19-9-5-17(29-2)6-10-19/h3-10,21H,11-15H2,1-2H3. The van der Waals surface area contributed by atoms with Crippen LogP contribution in [0.2, 0.25) is 0 Å². The smallest absolute Gasteiger partial charge is 0.243 e. The minimum atomic E-state index is -3.80. The Kier molecular flexibility index (Phi) is 6.99. The molecule has 0 spiro atoms. The molecule has 0 bridgehead atoms. The normalized spacial score (nSPS) is 15.6. The van der Waals surface area contributed by atoms with Crippen molar-refractivity contribution in [3.8, 4) is 5.75 Å². The lowest BCUT2D eigenvalue weighted by molar-refractivity contribution is -0.131. The molecule has 0 aromatic heterocycles. The molecule has 1 aliphatic rings. The van der Waals surface area contributed by atoms with Crippen LogP contribution in [0, 0.1) is 6.92 Å². The van der Waals surface area contributed by atoms with Crippen molar-refractivity contribution in [3.63, 3.8) is 0 Å². The molecule has 1 N–H and O–H groups in total. The highest BCUT2D eigenvalue weighted by Gasteiger charge is 2.30. The number of rotatable bonds is 7. The maximum atomic E-state index is 12.8. The zero-order valence-corrected chi connectivity index (χ0v) is 18.9. The second kappa shape index (κ2) is 9.35. The van der Waals surface area contributed by atoms with Gasteiger partial charge in [-0.05, 0) is 43.3 Å². The van der Waals surface area contributed by atoms with E-state index < -0.39 is 26.0 Å². The fourth-order valence-corrected chi connectivity index (χ4v) is 5.54. The number of carbonyl (C=O) groups excluding carboxylic acids is 1. The third-order valence-electron chi connectivity index (χ3n) is 5.03. The third kappa shape index (κ3) is 5.42.